The van der Waals surface area contributed by atoms with Crippen LogP contribution in [0.15, 0.2) is 64.2 Å². The zero-order valence-electron chi connectivity index (χ0n) is 17.5. The molecule has 0 aliphatic heterocycles. The third-order valence-corrected chi connectivity index (χ3v) is 7.17. The van der Waals surface area contributed by atoms with E-state index in [1.54, 1.807) is 53.9 Å². The van der Waals surface area contributed by atoms with Gasteiger partial charge in [0.15, 0.2) is 6.61 Å². The Morgan fingerprint density at radius 1 is 1.06 bits per heavy atom. The van der Waals surface area contributed by atoms with E-state index < -0.39 is 16.0 Å². The number of aryl methyl sites for hydroxylation is 1. The van der Waals surface area contributed by atoms with Crippen molar-refractivity contribution in [2.75, 3.05) is 23.8 Å². The van der Waals surface area contributed by atoms with Gasteiger partial charge < -0.3 is 14.8 Å². The van der Waals surface area contributed by atoms with Crippen LogP contribution in [0.4, 0.5) is 11.4 Å². The summed E-state index contributed by atoms with van der Waals surface area (Å²) < 4.78 is 37.2. The van der Waals surface area contributed by atoms with Crippen LogP contribution >= 0.6 is 11.3 Å². The van der Waals surface area contributed by atoms with Gasteiger partial charge in [0.05, 0.1) is 13.5 Å². The largest absolute Gasteiger partial charge is 0.482 e. The molecule has 1 aromatic heterocycles. The minimum absolute atomic E-state index is 0.123. The number of carbonyl (C=O) groups is 2. The standard InChI is InChI=1S/C22H22N2O6S2/c1-15-12-18(30-14-21(26)29-2)9-10-19(15)23-20(25)13-16-5-7-17(8-6-16)24-32(27,28)22-4-3-11-31-22/h3-12,24H,13-14H2,1-2H3,(H,23,25). The van der Waals surface area contributed by atoms with Gasteiger partial charge >= 0.3 is 5.97 Å². The molecule has 2 N–H and O–H groups in total. The van der Waals surface area contributed by atoms with Crippen molar-refractivity contribution >= 4 is 44.6 Å². The van der Waals surface area contributed by atoms with E-state index in [2.05, 4.69) is 14.8 Å². The number of rotatable bonds is 9. The van der Waals surface area contributed by atoms with E-state index in [0.29, 0.717) is 17.1 Å². The molecule has 0 radical (unpaired) electrons. The fourth-order valence-corrected chi connectivity index (χ4v) is 4.81. The smallest absolute Gasteiger partial charge is 0.343 e. The van der Waals surface area contributed by atoms with Crippen molar-refractivity contribution in [2.45, 2.75) is 17.6 Å². The van der Waals surface area contributed by atoms with E-state index in [-0.39, 0.29) is 23.1 Å². The summed E-state index contributed by atoms with van der Waals surface area (Å²) >= 11 is 1.14. The molecule has 168 valence electrons. The molecule has 0 bridgehead atoms. The van der Waals surface area contributed by atoms with Gasteiger partial charge in [-0.15, -0.1) is 11.3 Å². The lowest BCUT2D eigenvalue weighted by molar-refractivity contribution is -0.142. The minimum Gasteiger partial charge on any atom is -0.482 e. The zero-order chi connectivity index (χ0) is 23.1. The molecule has 10 heteroatoms. The maximum absolute atomic E-state index is 12.4. The van der Waals surface area contributed by atoms with Crippen LogP contribution < -0.4 is 14.8 Å². The van der Waals surface area contributed by atoms with Crippen LogP contribution in [0.5, 0.6) is 5.75 Å². The van der Waals surface area contributed by atoms with Gasteiger partial charge in [-0.2, -0.15) is 0 Å². The van der Waals surface area contributed by atoms with Crippen molar-refractivity contribution in [3.8, 4) is 5.75 Å². The van der Waals surface area contributed by atoms with Gasteiger partial charge in [0.1, 0.15) is 9.96 Å². The summed E-state index contributed by atoms with van der Waals surface area (Å²) in [5, 5.41) is 4.53. The van der Waals surface area contributed by atoms with Crippen LogP contribution in [-0.2, 0) is 30.8 Å². The summed E-state index contributed by atoms with van der Waals surface area (Å²) in [5.74, 6) is -0.208. The lowest BCUT2D eigenvalue weighted by Gasteiger charge is -2.11. The predicted octanol–water partition coefficient (Wildman–Crippen LogP) is 3.59. The summed E-state index contributed by atoms with van der Waals surface area (Å²) in [6.07, 6.45) is 0.123. The highest BCUT2D eigenvalue weighted by atomic mass is 32.2. The number of sulfonamides is 1. The van der Waals surface area contributed by atoms with Crippen molar-refractivity contribution in [1.29, 1.82) is 0 Å². The Labute approximate surface area is 190 Å². The number of thiophene rings is 1. The number of hydrogen-bond acceptors (Lipinski definition) is 7. The molecule has 0 aliphatic carbocycles. The first-order chi connectivity index (χ1) is 15.3. The van der Waals surface area contributed by atoms with Gasteiger partial charge in [-0.25, -0.2) is 13.2 Å². The van der Waals surface area contributed by atoms with Gasteiger partial charge in [0, 0.05) is 11.4 Å². The second kappa shape index (κ2) is 10.3. The monoisotopic (exact) mass is 474 g/mol. The van der Waals surface area contributed by atoms with Crippen LogP contribution in [0.2, 0.25) is 0 Å². The zero-order valence-corrected chi connectivity index (χ0v) is 19.1. The lowest BCUT2D eigenvalue weighted by Crippen LogP contribution is -2.16. The average molecular weight is 475 g/mol. The number of ether oxygens (including phenoxy) is 2. The molecule has 1 amide bonds. The van der Waals surface area contributed by atoms with E-state index in [0.717, 1.165) is 22.5 Å². The molecular formula is C22H22N2O6S2. The average Bonchev–Trinajstić information content (AvgIpc) is 3.31. The number of benzene rings is 2. The van der Waals surface area contributed by atoms with Crippen molar-refractivity contribution in [1.82, 2.24) is 0 Å². The summed E-state index contributed by atoms with van der Waals surface area (Å²) in [7, 11) is -2.33. The molecule has 0 unspecified atom stereocenters. The highest BCUT2D eigenvalue weighted by molar-refractivity contribution is 7.94. The topological polar surface area (TPSA) is 111 Å². The van der Waals surface area contributed by atoms with Gasteiger partial charge in [0.2, 0.25) is 5.91 Å². The molecule has 0 saturated heterocycles. The highest BCUT2D eigenvalue weighted by Gasteiger charge is 2.15. The van der Waals surface area contributed by atoms with Crippen LogP contribution in [0.25, 0.3) is 0 Å². The van der Waals surface area contributed by atoms with Gasteiger partial charge in [-0.1, -0.05) is 18.2 Å². The molecule has 0 saturated carbocycles. The van der Waals surface area contributed by atoms with Crippen molar-refractivity contribution in [3.05, 3.63) is 71.1 Å². The number of carbonyl (C=O) groups excluding carboxylic acids is 2. The fraction of sp³-hybridized carbons (Fsp3) is 0.182. The lowest BCUT2D eigenvalue weighted by atomic mass is 10.1. The third-order valence-electron chi connectivity index (χ3n) is 4.39. The van der Waals surface area contributed by atoms with Gasteiger partial charge in [-0.05, 0) is 59.8 Å². The van der Waals surface area contributed by atoms with E-state index in [1.807, 2.05) is 6.92 Å². The summed E-state index contributed by atoms with van der Waals surface area (Å²) in [6, 6.07) is 14.9. The number of hydrogen-bond donors (Lipinski definition) is 2. The van der Waals surface area contributed by atoms with Gasteiger partial charge in [-0.3, -0.25) is 9.52 Å². The van der Waals surface area contributed by atoms with E-state index >= 15 is 0 Å². The second-order valence-corrected chi connectivity index (χ2v) is 9.66. The first-order valence-corrected chi connectivity index (χ1v) is 11.9. The molecule has 2 aromatic carbocycles. The molecule has 0 aliphatic rings. The Morgan fingerprint density at radius 3 is 2.44 bits per heavy atom. The molecular weight excluding hydrogens is 452 g/mol. The molecule has 0 spiro atoms. The summed E-state index contributed by atoms with van der Waals surface area (Å²) in [6.45, 7) is 1.62. The molecule has 3 aromatic rings. The summed E-state index contributed by atoms with van der Waals surface area (Å²) in [5.41, 5.74) is 2.55. The van der Waals surface area contributed by atoms with Crippen molar-refractivity contribution in [3.63, 3.8) is 0 Å². The van der Waals surface area contributed by atoms with Crippen molar-refractivity contribution < 1.29 is 27.5 Å². The fourth-order valence-electron chi connectivity index (χ4n) is 2.76. The Bertz CT molecular complexity index is 1190. The molecule has 0 atom stereocenters. The highest BCUT2D eigenvalue weighted by Crippen LogP contribution is 2.23. The quantitative estimate of drug-likeness (QED) is 0.459. The molecule has 0 fully saturated rings. The van der Waals surface area contributed by atoms with E-state index in [9.17, 15) is 18.0 Å². The molecule has 1 heterocycles. The molecule has 32 heavy (non-hydrogen) atoms. The number of methoxy groups -OCH3 is 1. The van der Waals surface area contributed by atoms with Crippen LogP contribution in [0.3, 0.4) is 0 Å². The number of nitrogens with one attached hydrogen (secondary N) is 2. The maximum Gasteiger partial charge on any atom is 0.343 e. The van der Waals surface area contributed by atoms with Crippen LogP contribution in [0, 0.1) is 6.92 Å². The van der Waals surface area contributed by atoms with E-state index in [4.69, 9.17) is 4.74 Å². The number of amides is 1. The number of esters is 1. The predicted molar refractivity (Wildman–Crippen MR) is 123 cm³/mol. The molecule has 8 nitrogen and oxygen atoms in total. The maximum atomic E-state index is 12.4. The van der Waals surface area contributed by atoms with Crippen molar-refractivity contribution in [2.24, 2.45) is 0 Å². The number of anilines is 2. The molecule has 3 rings (SSSR count). The Balaban J connectivity index is 1.56. The SMILES string of the molecule is COC(=O)COc1ccc(NC(=O)Cc2ccc(NS(=O)(=O)c3cccs3)cc2)c(C)c1. The Morgan fingerprint density at radius 2 is 1.81 bits per heavy atom. The minimum atomic E-state index is -3.61. The van der Waals surface area contributed by atoms with Gasteiger partial charge in [0.25, 0.3) is 10.0 Å². The van der Waals surface area contributed by atoms with Crippen LogP contribution in [-0.4, -0.2) is 34.0 Å². The first kappa shape index (κ1) is 23.3. The Kier molecular flexibility index (Phi) is 7.49. The first-order valence-electron chi connectivity index (χ1n) is 9.52. The normalized spacial score (nSPS) is 10.9. The summed E-state index contributed by atoms with van der Waals surface area (Å²) in [4.78, 5) is 23.6. The van der Waals surface area contributed by atoms with E-state index in [1.165, 1.54) is 13.2 Å². The Hall–Kier alpha value is -3.37. The van der Waals surface area contributed by atoms with Crippen LogP contribution in [0.1, 0.15) is 11.1 Å². The third kappa shape index (κ3) is 6.32. The second-order valence-electron chi connectivity index (χ2n) is 6.80.